The van der Waals surface area contributed by atoms with Gasteiger partial charge in [-0.25, -0.2) is 4.79 Å². The fraction of sp³-hybridized carbons (Fsp3) is 0.667. The van der Waals surface area contributed by atoms with Crippen LogP contribution in [-0.4, -0.2) is 81.7 Å². The molecule has 0 aromatic heterocycles. The van der Waals surface area contributed by atoms with Gasteiger partial charge in [0.15, 0.2) is 0 Å². The number of unbranched alkanes of at least 4 members (excludes halogenated alkanes) is 1. The lowest BCUT2D eigenvalue weighted by atomic mass is 10.1. The van der Waals surface area contributed by atoms with E-state index in [1.165, 1.54) is 6.92 Å². The second-order valence-electron chi connectivity index (χ2n) is 7.11. The number of carbonyl (C=O) groups is 6. The Morgan fingerprint density at radius 2 is 1.38 bits per heavy atom. The van der Waals surface area contributed by atoms with Crippen LogP contribution < -0.4 is 27.4 Å². The SMILES string of the molecule is CC(NC(=O)C(CCC(=O)O)NC(=O)C(N)CCCCN)C(=O)NC(CC(=O)O)C(=O)O. The van der Waals surface area contributed by atoms with Gasteiger partial charge in [0.1, 0.15) is 18.1 Å². The number of carbonyl (C=O) groups excluding carboxylic acids is 3. The first kappa shape index (κ1) is 28.7. The zero-order valence-corrected chi connectivity index (χ0v) is 17.7. The summed E-state index contributed by atoms with van der Waals surface area (Å²) in [7, 11) is 0. The van der Waals surface area contributed by atoms with Crippen molar-refractivity contribution in [1.29, 1.82) is 0 Å². The smallest absolute Gasteiger partial charge is 0.326 e. The summed E-state index contributed by atoms with van der Waals surface area (Å²) in [5.41, 5.74) is 11.1. The molecule has 0 aliphatic rings. The van der Waals surface area contributed by atoms with Crippen molar-refractivity contribution in [3.63, 3.8) is 0 Å². The van der Waals surface area contributed by atoms with Gasteiger partial charge in [0.05, 0.1) is 12.5 Å². The predicted octanol–water partition coefficient (Wildman–Crippen LogP) is -2.66. The molecule has 0 aliphatic heterocycles. The van der Waals surface area contributed by atoms with Crippen molar-refractivity contribution in [2.45, 2.75) is 69.6 Å². The molecule has 0 rings (SSSR count). The van der Waals surface area contributed by atoms with Crippen LogP contribution in [0.15, 0.2) is 0 Å². The molecule has 0 heterocycles. The van der Waals surface area contributed by atoms with E-state index in [1.807, 2.05) is 5.32 Å². The van der Waals surface area contributed by atoms with Crippen molar-refractivity contribution in [3.05, 3.63) is 0 Å². The third-order valence-corrected chi connectivity index (χ3v) is 4.33. The van der Waals surface area contributed by atoms with Gasteiger partial charge in [-0.2, -0.15) is 0 Å². The van der Waals surface area contributed by atoms with Gasteiger partial charge in [-0.15, -0.1) is 0 Å². The van der Waals surface area contributed by atoms with Gasteiger partial charge in [-0.3, -0.25) is 24.0 Å². The Labute approximate surface area is 184 Å². The molecule has 14 nitrogen and oxygen atoms in total. The number of nitrogens with two attached hydrogens (primary N) is 2. The monoisotopic (exact) mass is 461 g/mol. The molecule has 4 atom stereocenters. The number of amides is 3. The third kappa shape index (κ3) is 11.8. The zero-order chi connectivity index (χ0) is 24.8. The van der Waals surface area contributed by atoms with Crippen LogP contribution in [0.25, 0.3) is 0 Å². The number of aliphatic carboxylic acids is 3. The number of rotatable bonds is 16. The summed E-state index contributed by atoms with van der Waals surface area (Å²) < 4.78 is 0. The Balaban J connectivity index is 5.09. The highest BCUT2D eigenvalue weighted by Gasteiger charge is 2.29. The summed E-state index contributed by atoms with van der Waals surface area (Å²) in [5, 5.41) is 33.2. The molecule has 182 valence electrons. The topological polar surface area (TPSA) is 251 Å². The summed E-state index contributed by atoms with van der Waals surface area (Å²) in [6, 6.07) is -5.28. The molecule has 10 N–H and O–H groups in total. The third-order valence-electron chi connectivity index (χ3n) is 4.33. The van der Waals surface area contributed by atoms with E-state index in [-0.39, 0.29) is 6.42 Å². The highest BCUT2D eigenvalue weighted by Crippen LogP contribution is 2.03. The van der Waals surface area contributed by atoms with Crippen molar-refractivity contribution in [2.24, 2.45) is 11.5 Å². The van der Waals surface area contributed by atoms with Crippen molar-refractivity contribution in [3.8, 4) is 0 Å². The first-order chi connectivity index (χ1) is 14.9. The molecule has 0 aromatic rings. The Bertz CT molecular complexity index is 700. The van der Waals surface area contributed by atoms with Crippen LogP contribution in [0, 0.1) is 0 Å². The first-order valence-electron chi connectivity index (χ1n) is 9.92. The normalized spacial score (nSPS) is 14.3. The van der Waals surface area contributed by atoms with Crippen LogP contribution in [0.4, 0.5) is 0 Å². The number of carboxylic acid groups (broad SMARTS) is 3. The van der Waals surface area contributed by atoms with Crippen LogP contribution in [0.1, 0.15) is 45.4 Å². The molecule has 4 unspecified atom stereocenters. The molecular weight excluding hydrogens is 430 g/mol. The second-order valence-corrected chi connectivity index (χ2v) is 7.11. The zero-order valence-electron chi connectivity index (χ0n) is 17.7. The molecule has 0 fully saturated rings. The number of hydrogen-bond acceptors (Lipinski definition) is 8. The van der Waals surface area contributed by atoms with E-state index in [4.69, 9.17) is 26.8 Å². The summed E-state index contributed by atoms with van der Waals surface area (Å²) in [5.74, 6) is -6.79. The number of hydrogen-bond donors (Lipinski definition) is 8. The lowest BCUT2D eigenvalue weighted by molar-refractivity contribution is -0.147. The Morgan fingerprint density at radius 3 is 1.88 bits per heavy atom. The average Bonchev–Trinajstić information content (AvgIpc) is 2.69. The van der Waals surface area contributed by atoms with Gasteiger partial charge in [-0.1, -0.05) is 6.42 Å². The van der Waals surface area contributed by atoms with Crippen LogP contribution in [0.2, 0.25) is 0 Å². The van der Waals surface area contributed by atoms with Crippen LogP contribution >= 0.6 is 0 Å². The molecule has 0 bridgehead atoms. The minimum atomic E-state index is -1.71. The fourth-order valence-corrected chi connectivity index (χ4v) is 2.51. The standard InChI is InChI=1S/C18H31N5O9/c1-9(15(28)23-12(18(31)32)8-14(26)27)21-17(30)11(5-6-13(24)25)22-16(29)10(20)4-2-3-7-19/h9-12H,2-8,19-20H2,1H3,(H,21,30)(H,22,29)(H,23,28)(H,24,25)(H,26,27)(H,31,32). The summed E-state index contributed by atoms with van der Waals surface area (Å²) in [6.45, 7) is 1.63. The van der Waals surface area contributed by atoms with Gasteiger partial charge < -0.3 is 42.7 Å². The molecule has 0 spiro atoms. The van der Waals surface area contributed by atoms with Crippen LogP contribution in [0.5, 0.6) is 0 Å². The lowest BCUT2D eigenvalue weighted by Gasteiger charge is -2.23. The van der Waals surface area contributed by atoms with Crippen molar-refractivity contribution < 1.29 is 44.1 Å². The van der Waals surface area contributed by atoms with E-state index in [9.17, 15) is 28.8 Å². The molecule has 14 heteroatoms. The Hall–Kier alpha value is -3.26. The average molecular weight is 461 g/mol. The second kappa shape index (κ2) is 14.7. The first-order valence-corrected chi connectivity index (χ1v) is 9.92. The van der Waals surface area contributed by atoms with E-state index in [0.717, 1.165) is 0 Å². The molecule has 32 heavy (non-hydrogen) atoms. The maximum absolute atomic E-state index is 12.5. The van der Waals surface area contributed by atoms with E-state index in [2.05, 4.69) is 10.6 Å². The molecule has 0 aromatic carbocycles. The predicted molar refractivity (Wildman–Crippen MR) is 109 cm³/mol. The van der Waals surface area contributed by atoms with Gasteiger partial charge in [0.25, 0.3) is 0 Å². The van der Waals surface area contributed by atoms with Crippen LogP contribution in [0.3, 0.4) is 0 Å². The minimum Gasteiger partial charge on any atom is -0.481 e. The lowest BCUT2D eigenvalue weighted by Crippen LogP contribution is -2.56. The van der Waals surface area contributed by atoms with Crippen LogP contribution in [-0.2, 0) is 28.8 Å². The molecule has 0 radical (unpaired) electrons. The maximum atomic E-state index is 12.5. The Kier molecular flexibility index (Phi) is 13.2. The summed E-state index contributed by atoms with van der Waals surface area (Å²) >= 11 is 0. The number of carboxylic acids is 3. The van der Waals surface area contributed by atoms with E-state index in [0.29, 0.717) is 25.8 Å². The molecule has 0 aliphatic carbocycles. The quantitative estimate of drug-likeness (QED) is 0.110. The molecule has 0 saturated heterocycles. The highest BCUT2D eigenvalue weighted by atomic mass is 16.4. The molecule has 0 saturated carbocycles. The van der Waals surface area contributed by atoms with Crippen molar-refractivity contribution in [1.82, 2.24) is 16.0 Å². The van der Waals surface area contributed by atoms with Gasteiger partial charge in [-0.05, 0) is 32.7 Å². The van der Waals surface area contributed by atoms with Crippen molar-refractivity contribution >= 4 is 35.6 Å². The summed E-state index contributed by atoms with van der Waals surface area (Å²) in [4.78, 5) is 69.6. The van der Waals surface area contributed by atoms with Crippen molar-refractivity contribution in [2.75, 3.05) is 6.54 Å². The minimum absolute atomic E-state index is 0.284. The number of nitrogens with one attached hydrogen (secondary N) is 3. The maximum Gasteiger partial charge on any atom is 0.326 e. The van der Waals surface area contributed by atoms with E-state index >= 15 is 0 Å². The van der Waals surface area contributed by atoms with Gasteiger partial charge >= 0.3 is 17.9 Å². The van der Waals surface area contributed by atoms with Gasteiger partial charge in [0.2, 0.25) is 17.7 Å². The highest BCUT2D eigenvalue weighted by molar-refractivity contribution is 5.94. The molecular formula is C18H31N5O9. The summed E-state index contributed by atoms with van der Waals surface area (Å²) in [6.07, 6.45) is -0.0873. The molecule has 3 amide bonds. The largest absolute Gasteiger partial charge is 0.481 e. The van der Waals surface area contributed by atoms with E-state index < -0.39 is 72.6 Å². The Morgan fingerprint density at radius 1 is 0.781 bits per heavy atom. The van der Waals surface area contributed by atoms with E-state index in [1.54, 1.807) is 0 Å². The fourth-order valence-electron chi connectivity index (χ4n) is 2.51. The van der Waals surface area contributed by atoms with Gasteiger partial charge in [0, 0.05) is 6.42 Å².